The van der Waals surface area contributed by atoms with E-state index in [2.05, 4.69) is 22.4 Å². The maximum Gasteiger partial charge on any atom is 0.251 e. The Labute approximate surface area is 182 Å². The van der Waals surface area contributed by atoms with Gasteiger partial charge in [-0.1, -0.05) is 36.4 Å². The second-order valence-electron chi connectivity index (χ2n) is 7.87. The highest BCUT2D eigenvalue weighted by Gasteiger charge is 2.11. The number of hydrogen-bond acceptors (Lipinski definition) is 3. The number of hydrogen-bond donors (Lipinski definition) is 1. The molecule has 0 saturated heterocycles. The number of amides is 1. The molecule has 31 heavy (non-hydrogen) atoms. The summed E-state index contributed by atoms with van der Waals surface area (Å²) in [5.74, 6) is 0.644. The summed E-state index contributed by atoms with van der Waals surface area (Å²) in [6.45, 7) is 4.46. The Morgan fingerprint density at radius 1 is 1.06 bits per heavy atom. The number of pyridine rings is 1. The molecule has 0 bridgehead atoms. The lowest BCUT2D eigenvalue weighted by atomic mass is 10.1. The molecular formula is C26H27N3O2. The van der Waals surface area contributed by atoms with Crippen molar-refractivity contribution in [2.45, 2.75) is 39.3 Å². The van der Waals surface area contributed by atoms with E-state index in [0.717, 1.165) is 29.7 Å². The molecule has 1 N–H and O–H groups in total. The van der Waals surface area contributed by atoms with Crippen LogP contribution in [0.1, 0.15) is 40.5 Å². The number of benzene rings is 2. The molecule has 2 aromatic carbocycles. The summed E-state index contributed by atoms with van der Waals surface area (Å²) < 4.78 is 7.86. The van der Waals surface area contributed by atoms with Crippen molar-refractivity contribution in [3.63, 3.8) is 0 Å². The van der Waals surface area contributed by atoms with Gasteiger partial charge in [-0.05, 0) is 68.1 Å². The van der Waals surface area contributed by atoms with E-state index >= 15 is 0 Å². The molecule has 5 nitrogen and oxygen atoms in total. The monoisotopic (exact) mass is 413 g/mol. The fraction of sp³-hybridized carbons (Fsp3) is 0.231. The minimum atomic E-state index is -0.0667. The standard InChI is InChI=1S/C26H27N3O2/c1-19-7-6-16-29-17-23(28-25(19)29)18-31-24-14-12-22(13-15-24)26(30)27-20(2)10-11-21-8-4-3-5-9-21/h3-9,12-17,20H,10-11,18H2,1-2H3,(H,27,30). The van der Waals surface area contributed by atoms with Crippen LogP contribution in [0, 0.1) is 6.92 Å². The summed E-state index contributed by atoms with van der Waals surface area (Å²) in [6, 6.07) is 21.7. The van der Waals surface area contributed by atoms with Gasteiger partial charge in [-0.25, -0.2) is 4.98 Å². The Balaban J connectivity index is 1.28. The van der Waals surface area contributed by atoms with E-state index in [4.69, 9.17) is 4.74 Å². The van der Waals surface area contributed by atoms with E-state index in [-0.39, 0.29) is 11.9 Å². The highest BCUT2D eigenvalue weighted by molar-refractivity contribution is 5.94. The number of imidazole rings is 1. The van der Waals surface area contributed by atoms with Crippen molar-refractivity contribution in [1.82, 2.24) is 14.7 Å². The van der Waals surface area contributed by atoms with Crippen LogP contribution in [0.4, 0.5) is 0 Å². The third kappa shape index (κ3) is 5.31. The van der Waals surface area contributed by atoms with Gasteiger partial charge in [0.15, 0.2) is 0 Å². The van der Waals surface area contributed by atoms with Gasteiger partial charge in [0, 0.05) is 24.0 Å². The molecule has 0 spiro atoms. The first-order valence-corrected chi connectivity index (χ1v) is 10.6. The van der Waals surface area contributed by atoms with Gasteiger partial charge in [0.2, 0.25) is 0 Å². The molecule has 0 aliphatic rings. The van der Waals surface area contributed by atoms with Gasteiger partial charge in [-0.15, -0.1) is 0 Å². The van der Waals surface area contributed by atoms with E-state index < -0.39 is 0 Å². The molecule has 5 heteroatoms. The van der Waals surface area contributed by atoms with E-state index in [1.165, 1.54) is 5.56 Å². The third-order valence-corrected chi connectivity index (χ3v) is 5.32. The van der Waals surface area contributed by atoms with E-state index in [0.29, 0.717) is 17.9 Å². The smallest absolute Gasteiger partial charge is 0.251 e. The number of fused-ring (bicyclic) bond motifs is 1. The predicted octanol–water partition coefficient (Wildman–Crippen LogP) is 4.97. The fourth-order valence-corrected chi connectivity index (χ4v) is 3.54. The van der Waals surface area contributed by atoms with Crippen LogP contribution in [0.3, 0.4) is 0 Å². The Morgan fingerprint density at radius 2 is 1.84 bits per heavy atom. The lowest BCUT2D eigenvalue weighted by molar-refractivity contribution is 0.0938. The first kappa shape index (κ1) is 20.7. The normalized spacial score (nSPS) is 11.9. The van der Waals surface area contributed by atoms with E-state index in [1.54, 1.807) is 12.1 Å². The molecular weight excluding hydrogens is 386 g/mol. The molecule has 0 fully saturated rings. The van der Waals surface area contributed by atoms with Crippen molar-refractivity contribution in [3.05, 3.63) is 102 Å². The largest absolute Gasteiger partial charge is 0.487 e. The molecule has 0 radical (unpaired) electrons. The van der Waals surface area contributed by atoms with Crippen LogP contribution in [0.5, 0.6) is 5.75 Å². The van der Waals surface area contributed by atoms with Gasteiger partial charge in [0.1, 0.15) is 18.0 Å². The Bertz CT molecular complexity index is 1150. The summed E-state index contributed by atoms with van der Waals surface area (Å²) in [5.41, 5.74) is 4.84. The van der Waals surface area contributed by atoms with Crippen LogP contribution >= 0.6 is 0 Å². The third-order valence-electron chi connectivity index (χ3n) is 5.32. The Kier molecular flexibility index (Phi) is 6.32. The Morgan fingerprint density at radius 3 is 2.58 bits per heavy atom. The van der Waals surface area contributed by atoms with Gasteiger partial charge >= 0.3 is 0 Å². The van der Waals surface area contributed by atoms with Gasteiger partial charge in [0.25, 0.3) is 5.91 Å². The van der Waals surface area contributed by atoms with Crippen molar-refractivity contribution >= 4 is 11.6 Å². The maximum absolute atomic E-state index is 12.5. The van der Waals surface area contributed by atoms with Crippen molar-refractivity contribution in [2.75, 3.05) is 0 Å². The fourth-order valence-electron chi connectivity index (χ4n) is 3.54. The molecule has 1 atom stereocenters. The molecule has 0 aliphatic heterocycles. The zero-order chi connectivity index (χ0) is 21.6. The number of nitrogens with one attached hydrogen (secondary N) is 1. The maximum atomic E-state index is 12.5. The van der Waals surface area contributed by atoms with Gasteiger partial charge in [-0.3, -0.25) is 4.79 Å². The van der Waals surface area contributed by atoms with Gasteiger partial charge < -0.3 is 14.5 Å². The number of carbonyl (C=O) groups excluding carboxylic acids is 1. The van der Waals surface area contributed by atoms with Crippen molar-refractivity contribution < 1.29 is 9.53 Å². The quantitative estimate of drug-likeness (QED) is 0.444. The molecule has 1 amide bonds. The highest BCUT2D eigenvalue weighted by atomic mass is 16.5. The lowest BCUT2D eigenvalue weighted by Crippen LogP contribution is -2.32. The molecule has 2 heterocycles. The van der Waals surface area contributed by atoms with Crippen LogP contribution in [0.25, 0.3) is 5.65 Å². The van der Waals surface area contributed by atoms with E-state index in [9.17, 15) is 4.79 Å². The van der Waals surface area contributed by atoms with Crippen molar-refractivity contribution in [2.24, 2.45) is 0 Å². The predicted molar refractivity (Wildman–Crippen MR) is 122 cm³/mol. The van der Waals surface area contributed by atoms with Gasteiger partial charge in [0.05, 0.1) is 5.69 Å². The summed E-state index contributed by atoms with van der Waals surface area (Å²) in [4.78, 5) is 17.1. The minimum absolute atomic E-state index is 0.0667. The zero-order valence-corrected chi connectivity index (χ0v) is 17.9. The van der Waals surface area contributed by atoms with Crippen LogP contribution in [0.15, 0.2) is 79.1 Å². The molecule has 2 aromatic heterocycles. The van der Waals surface area contributed by atoms with Crippen molar-refractivity contribution in [3.8, 4) is 5.75 Å². The lowest BCUT2D eigenvalue weighted by Gasteiger charge is -2.14. The summed E-state index contributed by atoms with van der Waals surface area (Å²) >= 11 is 0. The molecule has 0 aliphatic carbocycles. The van der Waals surface area contributed by atoms with Crippen LogP contribution in [0.2, 0.25) is 0 Å². The SMILES string of the molecule is Cc1cccn2cc(COc3ccc(C(=O)NC(C)CCc4ccccc4)cc3)nc12. The molecule has 4 rings (SSSR count). The molecule has 4 aromatic rings. The minimum Gasteiger partial charge on any atom is -0.487 e. The summed E-state index contributed by atoms with van der Waals surface area (Å²) in [5, 5.41) is 3.07. The average molecular weight is 414 g/mol. The van der Waals surface area contributed by atoms with Gasteiger partial charge in [-0.2, -0.15) is 0 Å². The first-order chi connectivity index (χ1) is 15.1. The summed E-state index contributed by atoms with van der Waals surface area (Å²) in [7, 11) is 0. The number of aryl methyl sites for hydroxylation is 2. The summed E-state index contributed by atoms with van der Waals surface area (Å²) in [6.07, 6.45) is 5.79. The average Bonchev–Trinajstić information content (AvgIpc) is 3.22. The van der Waals surface area contributed by atoms with Crippen LogP contribution < -0.4 is 10.1 Å². The van der Waals surface area contributed by atoms with Crippen LogP contribution in [-0.4, -0.2) is 21.3 Å². The number of aromatic nitrogens is 2. The topological polar surface area (TPSA) is 55.6 Å². The number of ether oxygens (including phenoxy) is 1. The molecule has 0 saturated carbocycles. The van der Waals surface area contributed by atoms with Crippen LogP contribution in [-0.2, 0) is 13.0 Å². The van der Waals surface area contributed by atoms with Crippen molar-refractivity contribution in [1.29, 1.82) is 0 Å². The van der Waals surface area contributed by atoms with E-state index in [1.807, 2.05) is 73.1 Å². The second kappa shape index (κ2) is 9.47. The number of carbonyl (C=O) groups is 1. The second-order valence-corrected chi connectivity index (χ2v) is 7.87. The first-order valence-electron chi connectivity index (χ1n) is 10.6. The number of rotatable bonds is 8. The highest BCUT2D eigenvalue weighted by Crippen LogP contribution is 2.16. The molecule has 158 valence electrons. The number of nitrogens with zero attached hydrogens (tertiary/aromatic N) is 2. The molecule has 1 unspecified atom stereocenters. The Hall–Kier alpha value is -3.60. The zero-order valence-electron chi connectivity index (χ0n) is 17.9.